The molecule has 0 aromatic heterocycles. The van der Waals surface area contributed by atoms with Crippen molar-refractivity contribution in [3.8, 4) is 0 Å². The van der Waals surface area contributed by atoms with E-state index >= 15 is 0 Å². The Balaban J connectivity index is 1.69. The molecule has 19 heavy (non-hydrogen) atoms. The molecule has 2 saturated heterocycles. The second-order valence-corrected chi connectivity index (χ2v) is 6.83. The van der Waals surface area contributed by atoms with Crippen LogP contribution in [-0.2, 0) is 4.74 Å². The first-order valence-corrected chi connectivity index (χ1v) is 8.41. The minimum atomic E-state index is 0.432. The molecule has 1 spiro atoms. The van der Waals surface area contributed by atoms with E-state index in [1.54, 1.807) is 0 Å². The van der Waals surface area contributed by atoms with Gasteiger partial charge in [0, 0.05) is 37.3 Å². The lowest BCUT2D eigenvalue weighted by Gasteiger charge is -2.52. The van der Waals surface area contributed by atoms with Crippen molar-refractivity contribution in [2.45, 2.75) is 75.9 Å². The molecule has 2 heterocycles. The van der Waals surface area contributed by atoms with Gasteiger partial charge < -0.3 is 10.1 Å². The largest absolute Gasteiger partial charge is 0.380 e. The van der Waals surface area contributed by atoms with Crippen LogP contribution < -0.4 is 5.32 Å². The number of nitrogens with zero attached hydrogens (tertiary/aromatic N) is 1. The van der Waals surface area contributed by atoms with Crippen LogP contribution in [0.15, 0.2) is 0 Å². The molecular formula is C16H30N2O. The third-order valence-electron chi connectivity index (χ3n) is 5.55. The molecule has 1 saturated carbocycles. The maximum Gasteiger partial charge on any atom is 0.0621 e. The Morgan fingerprint density at radius 2 is 2.05 bits per heavy atom. The fraction of sp³-hybridized carbons (Fsp3) is 1.00. The van der Waals surface area contributed by atoms with Gasteiger partial charge >= 0.3 is 0 Å². The number of hydrogen-bond donors (Lipinski definition) is 1. The zero-order valence-electron chi connectivity index (χ0n) is 12.5. The van der Waals surface area contributed by atoms with Gasteiger partial charge in [0.25, 0.3) is 0 Å². The molecule has 3 aliphatic rings. The van der Waals surface area contributed by atoms with E-state index in [1.165, 1.54) is 64.5 Å². The topological polar surface area (TPSA) is 24.5 Å². The van der Waals surface area contributed by atoms with E-state index in [0.717, 1.165) is 19.3 Å². The van der Waals surface area contributed by atoms with Gasteiger partial charge in [-0.3, -0.25) is 4.90 Å². The third kappa shape index (κ3) is 2.98. The van der Waals surface area contributed by atoms with Gasteiger partial charge in [0.05, 0.1) is 6.61 Å². The van der Waals surface area contributed by atoms with Crippen molar-refractivity contribution in [3.05, 3.63) is 0 Å². The average molecular weight is 266 g/mol. The molecule has 110 valence electrons. The first kappa shape index (κ1) is 13.8. The summed E-state index contributed by atoms with van der Waals surface area (Å²) < 4.78 is 5.74. The predicted molar refractivity (Wildman–Crippen MR) is 78.4 cm³/mol. The second-order valence-electron chi connectivity index (χ2n) is 6.83. The summed E-state index contributed by atoms with van der Waals surface area (Å²) in [7, 11) is 0. The highest BCUT2D eigenvalue weighted by molar-refractivity contribution is 5.01. The number of nitrogens with one attached hydrogen (secondary N) is 1. The quantitative estimate of drug-likeness (QED) is 0.831. The third-order valence-corrected chi connectivity index (χ3v) is 5.55. The molecular weight excluding hydrogens is 236 g/mol. The molecule has 0 aromatic rings. The van der Waals surface area contributed by atoms with Gasteiger partial charge in [0.1, 0.15) is 0 Å². The Bertz CT molecular complexity index is 282. The SMILES string of the molecule is CCC1CNC2(CCCCC2)CN1C1CCCOC1. The molecule has 0 aromatic carbocycles. The summed E-state index contributed by atoms with van der Waals surface area (Å²) in [5.74, 6) is 0. The lowest BCUT2D eigenvalue weighted by atomic mass is 9.78. The van der Waals surface area contributed by atoms with Crippen molar-refractivity contribution < 1.29 is 4.74 Å². The summed E-state index contributed by atoms with van der Waals surface area (Å²) in [6.07, 6.45) is 10.9. The standard InChI is InChI=1S/C16H30N2O/c1-2-14-11-17-16(8-4-3-5-9-16)13-18(14)15-7-6-10-19-12-15/h14-15,17H,2-13H2,1H3. The minimum absolute atomic E-state index is 0.432. The molecule has 2 unspecified atom stereocenters. The van der Waals surface area contributed by atoms with Gasteiger partial charge in [-0.1, -0.05) is 26.2 Å². The minimum Gasteiger partial charge on any atom is -0.380 e. The predicted octanol–water partition coefficient (Wildman–Crippen LogP) is 2.55. The highest BCUT2D eigenvalue weighted by Gasteiger charge is 2.41. The molecule has 0 radical (unpaired) electrons. The van der Waals surface area contributed by atoms with Crippen molar-refractivity contribution in [1.29, 1.82) is 0 Å². The average Bonchev–Trinajstić information content (AvgIpc) is 2.49. The van der Waals surface area contributed by atoms with Crippen LogP contribution in [0.2, 0.25) is 0 Å². The number of hydrogen-bond acceptors (Lipinski definition) is 3. The molecule has 1 aliphatic carbocycles. The van der Waals surface area contributed by atoms with Crippen molar-refractivity contribution >= 4 is 0 Å². The molecule has 1 N–H and O–H groups in total. The maximum absolute atomic E-state index is 5.74. The van der Waals surface area contributed by atoms with Gasteiger partial charge in [-0.05, 0) is 32.1 Å². The van der Waals surface area contributed by atoms with E-state index in [-0.39, 0.29) is 0 Å². The van der Waals surface area contributed by atoms with Gasteiger partial charge in [0.2, 0.25) is 0 Å². The van der Waals surface area contributed by atoms with Crippen molar-refractivity contribution in [2.24, 2.45) is 0 Å². The Labute approximate surface area is 118 Å². The lowest BCUT2D eigenvalue weighted by Crippen LogP contribution is -2.67. The van der Waals surface area contributed by atoms with Crippen molar-refractivity contribution in [3.63, 3.8) is 0 Å². The first-order valence-electron chi connectivity index (χ1n) is 8.41. The number of ether oxygens (including phenoxy) is 1. The number of piperazine rings is 1. The van der Waals surface area contributed by atoms with Gasteiger partial charge in [0.15, 0.2) is 0 Å². The van der Waals surface area contributed by atoms with Gasteiger partial charge in [-0.15, -0.1) is 0 Å². The van der Waals surface area contributed by atoms with Crippen LogP contribution in [0.4, 0.5) is 0 Å². The summed E-state index contributed by atoms with van der Waals surface area (Å²) in [5, 5.41) is 3.92. The van der Waals surface area contributed by atoms with E-state index in [4.69, 9.17) is 4.74 Å². The van der Waals surface area contributed by atoms with E-state index in [1.807, 2.05) is 0 Å². The molecule has 3 rings (SSSR count). The Morgan fingerprint density at radius 3 is 2.74 bits per heavy atom. The van der Waals surface area contributed by atoms with Crippen LogP contribution in [0.3, 0.4) is 0 Å². The van der Waals surface area contributed by atoms with Crippen LogP contribution in [0, 0.1) is 0 Å². The zero-order valence-corrected chi connectivity index (χ0v) is 12.5. The fourth-order valence-electron chi connectivity index (χ4n) is 4.34. The first-order chi connectivity index (χ1) is 9.33. The fourth-order valence-corrected chi connectivity index (χ4v) is 4.34. The Morgan fingerprint density at radius 1 is 1.21 bits per heavy atom. The van der Waals surface area contributed by atoms with E-state index in [2.05, 4.69) is 17.1 Å². The van der Waals surface area contributed by atoms with Crippen LogP contribution in [-0.4, -0.2) is 48.8 Å². The summed E-state index contributed by atoms with van der Waals surface area (Å²) in [6, 6.07) is 1.40. The highest BCUT2D eigenvalue weighted by atomic mass is 16.5. The lowest BCUT2D eigenvalue weighted by molar-refractivity contribution is -0.0376. The molecule has 0 bridgehead atoms. The van der Waals surface area contributed by atoms with E-state index < -0.39 is 0 Å². The summed E-state index contributed by atoms with van der Waals surface area (Å²) in [4.78, 5) is 2.81. The summed E-state index contributed by atoms with van der Waals surface area (Å²) in [5.41, 5.74) is 0.432. The molecule has 3 heteroatoms. The van der Waals surface area contributed by atoms with E-state index in [0.29, 0.717) is 11.6 Å². The zero-order chi connectivity index (χ0) is 13.1. The summed E-state index contributed by atoms with van der Waals surface area (Å²) in [6.45, 7) is 6.73. The van der Waals surface area contributed by atoms with Crippen molar-refractivity contribution in [2.75, 3.05) is 26.3 Å². The number of rotatable bonds is 2. The van der Waals surface area contributed by atoms with Gasteiger partial charge in [-0.2, -0.15) is 0 Å². The molecule has 3 nitrogen and oxygen atoms in total. The smallest absolute Gasteiger partial charge is 0.0621 e. The summed E-state index contributed by atoms with van der Waals surface area (Å²) >= 11 is 0. The van der Waals surface area contributed by atoms with E-state index in [9.17, 15) is 0 Å². The Hall–Kier alpha value is -0.120. The van der Waals surface area contributed by atoms with Crippen molar-refractivity contribution in [1.82, 2.24) is 10.2 Å². The highest BCUT2D eigenvalue weighted by Crippen LogP contribution is 2.34. The second kappa shape index (κ2) is 6.11. The normalized spacial score (nSPS) is 36.5. The van der Waals surface area contributed by atoms with Crippen LogP contribution in [0.1, 0.15) is 58.3 Å². The van der Waals surface area contributed by atoms with Crippen LogP contribution >= 0.6 is 0 Å². The monoisotopic (exact) mass is 266 g/mol. The molecule has 2 aliphatic heterocycles. The molecule has 0 amide bonds. The van der Waals surface area contributed by atoms with Gasteiger partial charge in [-0.25, -0.2) is 0 Å². The Kier molecular flexibility index (Phi) is 4.45. The molecule has 3 fully saturated rings. The maximum atomic E-state index is 5.74. The molecule has 2 atom stereocenters. The van der Waals surface area contributed by atoms with Crippen LogP contribution in [0.25, 0.3) is 0 Å². The van der Waals surface area contributed by atoms with Crippen LogP contribution in [0.5, 0.6) is 0 Å².